The molecule has 0 aliphatic carbocycles. The third-order valence-corrected chi connectivity index (χ3v) is 10.4. The van der Waals surface area contributed by atoms with E-state index in [0.29, 0.717) is 27.6 Å². The number of hydrogen-bond donors (Lipinski definition) is 6. The van der Waals surface area contributed by atoms with E-state index in [1.54, 1.807) is 119 Å². The summed E-state index contributed by atoms with van der Waals surface area (Å²) in [5.74, 6) is 3.36. The number of aromatic nitrogens is 4. The molecule has 81 heavy (non-hydrogen) atoms. The molecule has 0 saturated carbocycles. The monoisotopic (exact) mass is 1210 g/mol. The Kier molecular flexibility index (Phi) is 33.6. The summed E-state index contributed by atoms with van der Waals surface area (Å²) < 4.78 is 43.4. The van der Waals surface area contributed by atoms with Crippen LogP contribution in [0.2, 0.25) is 0 Å². The number of fused-ring (bicyclic) bond motifs is 4. The number of carbonyl (C=O) groups is 1. The van der Waals surface area contributed by atoms with Gasteiger partial charge in [-0.15, -0.1) is 23.2 Å². The van der Waals surface area contributed by atoms with E-state index in [2.05, 4.69) is 43.1 Å². The summed E-state index contributed by atoms with van der Waals surface area (Å²) in [5.41, 5.74) is 5.12. The van der Waals surface area contributed by atoms with Gasteiger partial charge in [0.2, 0.25) is 0 Å². The molecule has 4 heterocycles. The van der Waals surface area contributed by atoms with Crippen molar-refractivity contribution >= 4 is 73.1 Å². The number of benzene rings is 7. The van der Waals surface area contributed by atoms with Gasteiger partial charge in [-0.2, -0.15) is 0 Å². The van der Waals surface area contributed by atoms with Crippen molar-refractivity contribution in [3.63, 3.8) is 0 Å². The summed E-state index contributed by atoms with van der Waals surface area (Å²) in [6.45, 7) is 0.175. The molecule has 0 fully saturated rings. The normalized spacial score (nSPS) is 9.79. The van der Waals surface area contributed by atoms with E-state index in [0.717, 1.165) is 90.9 Å². The van der Waals surface area contributed by atoms with Gasteiger partial charge in [-0.1, -0.05) is 97.1 Å². The molecule has 20 heteroatoms. The molecule has 7 aromatic carbocycles. The summed E-state index contributed by atoms with van der Waals surface area (Å²) in [4.78, 5) is 26.3. The molecule has 11 rings (SSSR count). The number of phenolic OH excluding ortho intramolecular Hbond substituents is 4. The predicted octanol–water partition coefficient (Wildman–Crippen LogP) is 12.8. The number of aldehydes is 1. The van der Waals surface area contributed by atoms with Crippen LogP contribution in [0.25, 0.3) is 43.6 Å². The molecule has 0 saturated heterocycles. The van der Waals surface area contributed by atoms with Crippen molar-refractivity contribution in [3.8, 4) is 40.2 Å². The first kappa shape index (κ1) is 65.2. The molecule has 0 spiro atoms. The SMILES string of the molecule is COc1ccc(C=O)cc1.COc1ccc(CO)cc1.COc1ccc(CO)cc1.Oc1cccc2cccnc12.Oc1cccc2cccnc12.Oc1cccc2cccnc12.Oc1cccc2cccnc12.[2H]C([2H])(Cl)Cl.[O]=[V].[O]=[V]. The molecule has 0 aliphatic heterocycles. The van der Waals surface area contributed by atoms with E-state index >= 15 is 0 Å². The first-order valence-corrected chi connectivity index (χ1v) is 25.4. The van der Waals surface area contributed by atoms with Crippen LogP contribution >= 0.6 is 23.2 Å². The van der Waals surface area contributed by atoms with E-state index < -0.39 is 5.29 Å². The number of phenols is 4. The molecule has 0 bridgehead atoms. The zero-order valence-corrected chi connectivity index (χ0v) is 48.2. The van der Waals surface area contributed by atoms with Gasteiger partial charge in [0, 0.05) is 51.9 Å². The van der Waals surface area contributed by atoms with Crippen LogP contribution in [0.4, 0.5) is 0 Å². The number of aliphatic hydroxyl groups is 2. The predicted molar refractivity (Wildman–Crippen MR) is 308 cm³/mol. The molecule has 418 valence electrons. The number of halogens is 2. The number of rotatable bonds is 6. The van der Waals surface area contributed by atoms with Crippen LogP contribution < -0.4 is 14.2 Å². The minimum atomic E-state index is -2.06. The third kappa shape index (κ3) is 25.2. The van der Waals surface area contributed by atoms with Crippen molar-refractivity contribution in [2.75, 3.05) is 26.6 Å². The summed E-state index contributed by atoms with van der Waals surface area (Å²) in [7, 11) is 4.83. The Morgan fingerprint density at radius 2 is 0.630 bits per heavy atom. The van der Waals surface area contributed by atoms with Crippen molar-refractivity contribution in [3.05, 3.63) is 236 Å². The molecule has 16 nitrogen and oxygen atoms in total. The molecular weight excluding hydrogens is 1150 g/mol. The number of nitrogens with zero attached hydrogens (tertiary/aromatic N) is 4. The fraction of sp³-hybridized carbons (Fsp3) is 0.0984. The van der Waals surface area contributed by atoms with E-state index in [1.165, 1.54) is 0 Å². The zero-order valence-electron chi connectivity index (χ0n) is 45.8. The Hall–Kier alpha value is -8.28. The average molecular weight is 1210 g/mol. The number of para-hydroxylation sites is 4. The number of alkyl halides is 2. The Morgan fingerprint density at radius 1 is 0.407 bits per heavy atom. The van der Waals surface area contributed by atoms with Gasteiger partial charge in [-0.05, 0) is 108 Å². The van der Waals surface area contributed by atoms with E-state index in [1.807, 2.05) is 121 Å². The molecule has 0 aliphatic rings. The average Bonchev–Trinajstić information content (AvgIpc) is 3.68. The maximum absolute atomic E-state index is 10.2. The van der Waals surface area contributed by atoms with Crippen LogP contribution in [0.3, 0.4) is 0 Å². The van der Waals surface area contributed by atoms with Gasteiger partial charge in [0.15, 0.2) is 0 Å². The van der Waals surface area contributed by atoms with Gasteiger partial charge in [-0.25, -0.2) is 0 Å². The van der Waals surface area contributed by atoms with E-state index in [4.69, 9.17) is 34.5 Å². The fourth-order valence-electron chi connectivity index (χ4n) is 6.50. The molecule has 0 atom stereocenters. The van der Waals surface area contributed by atoms with Crippen molar-refractivity contribution in [1.82, 2.24) is 19.9 Å². The van der Waals surface area contributed by atoms with Gasteiger partial charge in [-0.3, -0.25) is 24.7 Å². The summed E-state index contributed by atoms with van der Waals surface area (Å²) in [6, 6.07) is 58.1. The molecule has 0 unspecified atom stereocenters. The molecule has 0 amide bonds. The molecule has 6 N–H and O–H groups in total. The second-order valence-electron chi connectivity index (χ2n) is 15.4. The third-order valence-electron chi connectivity index (χ3n) is 10.4. The Labute approximate surface area is 500 Å². The molecule has 4 aromatic heterocycles. The minimum absolute atomic E-state index is 0.0873. The number of carbonyl (C=O) groups excluding carboxylic acids is 1. The number of aliphatic hydroxyl groups excluding tert-OH is 2. The number of ether oxygens (including phenoxy) is 3. The van der Waals surface area contributed by atoms with E-state index in [-0.39, 0.29) is 36.2 Å². The second kappa shape index (κ2) is 41.7. The topological polar surface area (TPSA) is 252 Å². The van der Waals surface area contributed by atoms with Gasteiger partial charge >= 0.3 is 42.1 Å². The summed E-state index contributed by atoms with van der Waals surface area (Å²) >= 11 is 11.4. The van der Waals surface area contributed by atoms with Crippen LogP contribution in [-0.4, -0.2) is 83.5 Å². The van der Waals surface area contributed by atoms with Crippen LogP contribution in [0, 0.1) is 0 Å². The second-order valence-corrected chi connectivity index (χ2v) is 16.0. The number of aromatic hydroxyl groups is 4. The van der Waals surface area contributed by atoms with Gasteiger partial charge in [0.25, 0.3) is 0 Å². The van der Waals surface area contributed by atoms with Crippen molar-refractivity contribution < 1.29 is 94.5 Å². The summed E-state index contributed by atoms with van der Waals surface area (Å²) in [5, 5.41) is 56.4. The molecular formula is C61H58Cl2N4O12V2. The number of hydrogen-bond acceptors (Lipinski definition) is 16. The first-order valence-electron chi connectivity index (χ1n) is 24.5. The molecule has 0 radical (unpaired) electrons. The molecule has 11 aromatic rings. The van der Waals surface area contributed by atoms with Crippen LogP contribution in [0.5, 0.6) is 40.2 Å². The first-order chi connectivity index (χ1) is 40.1. The van der Waals surface area contributed by atoms with E-state index in [9.17, 15) is 25.2 Å². The standard InChI is InChI=1S/4C9H7NO.2C8H10O2.C8H8O2.CH2Cl2.2O.2V/c4*11-8-5-1-3-7-4-2-6-10-9(7)8;3*1-10-8-4-2-7(6-9)3-5-8;2-1-3;;;;/h4*1-6,11H;2*2-5,9H,6H2,1H3;2-6H,1H3;1H2;;;;/i;;;;;;;1D2;;;;. The summed E-state index contributed by atoms with van der Waals surface area (Å²) in [6.07, 6.45) is 7.48. The van der Waals surface area contributed by atoms with Gasteiger partial charge in [0.1, 0.15) is 68.6 Å². The fourth-order valence-corrected chi connectivity index (χ4v) is 6.50. The Morgan fingerprint density at radius 3 is 0.827 bits per heavy atom. The van der Waals surface area contributed by atoms with Crippen LogP contribution in [0.15, 0.2) is 219 Å². The van der Waals surface area contributed by atoms with Crippen LogP contribution in [0.1, 0.15) is 24.2 Å². The zero-order chi connectivity index (χ0) is 61.4. The maximum atomic E-state index is 10.2. The van der Waals surface area contributed by atoms with Crippen molar-refractivity contribution in [1.29, 1.82) is 0 Å². The van der Waals surface area contributed by atoms with Crippen molar-refractivity contribution in [2.24, 2.45) is 0 Å². The quantitative estimate of drug-likeness (QED) is 0.0669. The number of methoxy groups -OCH3 is 3. The van der Waals surface area contributed by atoms with Gasteiger partial charge in [0.05, 0.1) is 42.6 Å². The van der Waals surface area contributed by atoms with Gasteiger partial charge < -0.3 is 44.8 Å². The van der Waals surface area contributed by atoms with Crippen LogP contribution in [-0.2, 0) is 55.3 Å². The Bertz CT molecular complexity index is 3150. The van der Waals surface area contributed by atoms with Crippen molar-refractivity contribution in [2.45, 2.75) is 13.2 Å². The Balaban J connectivity index is 0.000000323. The number of pyridine rings is 4.